The first-order valence-corrected chi connectivity index (χ1v) is 7.26. The van der Waals surface area contributed by atoms with E-state index in [0.717, 1.165) is 5.69 Å². The number of carbonyl (C=O) groups is 1. The van der Waals surface area contributed by atoms with E-state index in [-0.39, 0.29) is 17.9 Å². The molecule has 0 saturated carbocycles. The molecule has 0 spiro atoms. The Bertz CT molecular complexity index is 764. The maximum atomic E-state index is 11.7. The van der Waals surface area contributed by atoms with Crippen molar-refractivity contribution < 1.29 is 4.79 Å². The smallest absolute Gasteiger partial charge is 0.267 e. The van der Waals surface area contributed by atoms with Crippen molar-refractivity contribution >= 4 is 35.3 Å². The third-order valence-corrected chi connectivity index (χ3v) is 3.78. The molecule has 22 heavy (non-hydrogen) atoms. The second kappa shape index (κ2) is 7.29. The Labute approximate surface area is 136 Å². The molecular weight excluding hydrogens is 327 g/mol. The summed E-state index contributed by atoms with van der Waals surface area (Å²) in [6, 6.07) is 5.02. The summed E-state index contributed by atoms with van der Waals surface area (Å²) in [6.45, 7) is 1.77. The summed E-state index contributed by atoms with van der Waals surface area (Å²) in [4.78, 5) is 23.1. The molecule has 0 aliphatic carbocycles. The molecule has 116 valence electrons. The van der Waals surface area contributed by atoms with Gasteiger partial charge in [0.25, 0.3) is 5.56 Å². The minimum Gasteiger partial charge on any atom is -0.302 e. The summed E-state index contributed by atoms with van der Waals surface area (Å²) in [5.74, 6) is -0.281. The van der Waals surface area contributed by atoms with E-state index >= 15 is 0 Å². The Kier molecular flexibility index (Phi) is 5.41. The van der Waals surface area contributed by atoms with E-state index in [9.17, 15) is 9.59 Å². The first kappa shape index (κ1) is 16.3. The van der Waals surface area contributed by atoms with Gasteiger partial charge in [0.15, 0.2) is 0 Å². The number of hydrogen-bond acceptors (Lipinski definition) is 3. The standard InChI is InChI=1S/C14H14Cl2N4O2/c1-8-10(14(22)20-18-8)3-5-13(21)19-17-7-9-2-4-11(15)12(16)6-9/h2,4,6-7H,3,5H2,1H3,(H,19,21)(H2,18,20,22). The number of hydrazone groups is 1. The molecule has 6 nitrogen and oxygen atoms in total. The maximum Gasteiger partial charge on any atom is 0.267 e. The van der Waals surface area contributed by atoms with Crippen molar-refractivity contribution in [3.8, 4) is 0 Å². The lowest BCUT2D eigenvalue weighted by Gasteiger charge is -2.00. The summed E-state index contributed by atoms with van der Waals surface area (Å²) in [7, 11) is 0. The lowest BCUT2D eigenvalue weighted by atomic mass is 10.1. The number of aromatic nitrogens is 2. The molecule has 1 aromatic carbocycles. The second-order valence-corrected chi connectivity index (χ2v) is 5.46. The monoisotopic (exact) mass is 340 g/mol. The maximum absolute atomic E-state index is 11.7. The Hall–Kier alpha value is -2.05. The van der Waals surface area contributed by atoms with E-state index in [1.807, 2.05) is 0 Å². The molecule has 2 rings (SSSR count). The third kappa shape index (κ3) is 4.22. The van der Waals surface area contributed by atoms with Gasteiger partial charge in [0.2, 0.25) is 5.91 Å². The van der Waals surface area contributed by atoms with Gasteiger partial charge < -0.3 is 5.10 Å². The van der Waals surface area contributed by atoms with Gasteiger partial charge in [-0.2, -0.15) is 5.10 Å². The normalized spacial score (nSPS) is 11.0. The first-order chi connectivity index (χ1) is 10.5. The summed E-state index contributed by atoms with van der Waals surface area (Å²) in [5, 5.41) is 9.89. The van der Waals surface area contributed by atoms with Crippen molar-refractivity contribution in [2.24, 2.45) is 5.10 Å². The van der Waals surface area contributed by atoms with Crippen LogP contribution in [0.1, 0.15) is 23.2 Å². The van der Waals surface area contributed by atoms with Crippen LogP contribution in [0, 0.1) is 6.92 Å². The Morgan fingerprint density at radius 1 is 1.32 bits per heavy atom. The van der Waals surface area contributed by atoms with E-state index in [1.165, 1.54) is 6.21 Å². The molecule has 0 fully saturated rings. The van der Waals surface area contributed by atoms with Crippen LogP contribution in [0.4, 0.5) is 0 Å². The SMILES string of the molecule is Cc1[nH][nH]c(=O)c1CCC(=O)NN=Cc1ccc(Cl)c(Cl)c1. The number of carbonyl (C=O) groups excluding carboxylic acids is 1. The van der Waals surface area contributed by atoms with Gasteiger partial charge >= 0.3 is 0 Å². The van der Waals surface area contributed by atoms with Crippen LogP contribution in [0.2, 0.25) is 10.0 Å². The van der Waals surface area contributed by atoms with E-state index in [1.54, 1.807) is 25.1 Å². The fraction of sp³-hybridized carbons (Fsp3) is 0.214. The lowest BCUT2D eigenvalue weighted by Crippen LogP contribution is -2.19. The minimum absolute atomic E-state index is 0.167. The number of benzene rings is 1. The highest BCUT2D eigenvalue weighted by atomic mass is 35.5. The molecule has 1 amide bonds. The van der Waals surface area contributed by atoms with Gasteiger partial charge in [0, 0.05) is 17.7 Å². The molecule has 3 N–H and O–H groups in total. The van der Waals surface area contributed by atoms with E-state index in [2.05, 4.69) is 20.7 Å². The average molecular weight is 341 g/mol. The summed E-state index contributed by atoms with van der Waals surface area (Å²) in [5.41, 5.74) is 4.22. The van der Waals surface area contributed by atoms with E-state index < -0.39 is 0 Å². The van der Waals surface area contributed by atoms with Crippen LogP contribution in [0.15, 0.2) is 28.1 Å². The zero-order valence-electron chi connectivity index (χ0n) is 11.7. The highest BCUT2D eigenvalue weighted by molar-refractivity contribution is 6.42. The van der Waals surface area contributed by atoms with Gasteiger partial charge in [0.1, 0.15) is 0 Å². The van der Waals surface area contributed by atoms with Crippen LogP contribution in [-0.2, 0) is 11.2 Å². The predicted octanol–water partition coefficient (Wildman–Crippen LogP) is 2.40. The largest absolute Gasteiger partial charge is 0.302 e. The van der Waals surface area contributed by atoms with Gasteiger partial charge in [-0.25, -0.2) is 5.43 Å². The predicted molar refractivity (Wildman–Crippen MR) is 86.7 cm³/mol. The number of aromatic amines is 2. The van der Waals surface area contributed by atoms with Crippen LogP contribution in [0.25, 0.3) is 0 Å². The second-order valence-electron chi connectivity index (χ2n) is 4.65. The van der Waals surface area contributed by atoms with E-state index in [4.69, 9.17) is 23.2 Å². The molecule has 0 atom stereocenters. The highest BCUT2D eigenvalue weighted by Crippen LogP contribution is 2.21. The quantitative estimate of drug-likeness (QED) is 0.576. The molecule has 1 aromatic heterocycles. The van der Waals surface area contributed by atoms with E-state index in [0.29, 0.717) is 27.6 Å². The number of amides is 1. The van der Waals surface area contributed by atoms with Crippen molar-refractivity contribution in [2.75, 3.05) is 0 Å². The number of halogens is 2. The van der Waals surface area contributed by atoms with Gasteiger partial charge in [0.05, 0.1) is 16.3 Å². The molecule has 8 heteroatoms. The molecule has 0 aliphatic heterocycles. The molecule has 0 saturated heterocycles. The van der Waals surface area contributed by atoms with Crippen LogP contribution in [-0.4, -0.2) is 22.3 Å². The van der Waals surface area contributed by atoms with Crippen molar-refractivity contribution in [2.45, 2.75) is 19.8 Å². The van der Waals surface area contributed by atoms with Crippen LogP contribution >= 0.6 is 23.2 Å². The van der Waals surface area contributed by atoms with Crippen LogP contribution < -0.4 is 11.0 Å². The number of H-pyrrole nitrogens is 2. The van der Waals surface area contributed by atoms with Crippen molar-refractivity contribution in [3.05, 3.63) is 55.4 Å². The van der Waals surface area contributed by atoms with Gasteiger partial charge in [-0.05, 0) is 31.0 Å². The Balaban J connectivity index is 1.86. The van der Waals surface area contributed by atoms with Gasteiger partial charge in [-0.3, -0.25) is 14.7 Å². The molecule has 0 bridgehead atoms. The van der Waals surface area contributed by atoms with Gasteiger partial charge in [-0.15, -0.1) is 0 Å². The minimum atomic E-state index is -0.281. The summed E-state index contributed by atoms with van der Waals surface area (Å²) in [6.07, 6.45) is 1.98. The third-order valence-electron chi connectivity index (χ3n) is 3.04. The van der Waals surface area contributed by atoms with Crippen LogP contribution in [0.5, 0.6) is 0 Å². The molecule has 1 heterocycles. The summed E-state index contributed by atoms with van der Waals surface area (Å²) < 4.78 is 0. The molecule has 0 aliphatic rings. The Morgan fingerprint density at radius 2 is 2.09 bits per heavy atom. The van der Waals surface area contributed by atoms with Gasteiger partial charge in [-0.1, -0.05) is 29.3 Å². The molecular formula is C14H14Cl2N4O2. The topological polar surface area (TPSA) is 90.1 Å². The summed E-state index contributed by atoms with van der Waals surface area (Å²) >= 11 is 11.7. The number of rotatable bonds is 5. The number of hydrogen-bond donors (Lipinski definition) is 3. The number of nitrogens with zero attached hydrogens (tertiary/aromatic N) is 1. The molecule has 0 radical (unpaired) electrons. The zero-order valence-corrected chi connectivity index (χ0v) is 13.3. The fourth-order valence-electron chi connectivity index (χ4n) is 1.84. The highest BCUT2D eigenvalue weighted by Gasteiger charge is 2.08. The van der Waals surface area contributed by atoms with Crippen LogP contribution in [0.3, 0.4) is 0 Å². The number of aryl methyl sites for hydroxylation is 1. The first-order valence-electron chi connectivity index (χ1n) is 6.50. The average Bonchev–Trinajstić information content (AvgIpc) is 2.80. The van der Waals surface area contributed by atoms with Crippen molar-refractivity contribution in [1.29, 1.82) is 0 Å². The fourth-order valence-corrected chi connectivity index (χ4v) is 2.15. The Morgan fingerprint density at radius 3 is 2.73 bits per heavy atom. The molecule has 0 unspecified atom stereocenters. The number of nitrogens with one attached hydrogen (secondary N) is 3. The zero-order chi connectivity index (χ0) is 16.1. The van der Waals surface area contributed by atoms with Crippen molar-refractivity contribution in [3.63, 3.8) is 0 Å². The molecule has 2 aromatic rings. The lowest BCUT2D eigenvalue weighted by molar-refractivity contribution is -0.121. The van der Waals surface area contributed by atoms with Crippen molar-refractivity contribution in [1.82, 2.24) is 15.6 Å².